The monoisotopic (exact) mass is 406 g/mol. The fourth-order valence-electron chi connectivity index (χ4n) is 4.07. The van der Waals surface area contributed by atoms with E-state index in [1.807, 2.05) is 52.0 Å². The second kappa shape index (κ2) is 6.99. The van der Waals surface area contributed by atoms with Crippen molar-refractivity contribution in [3.05, 3.63) is 58.1 Å². The molecule has 4 nitrogen and oxygen atoms in total. The van der Waals surface area contributed by atoms with Crippen LogP contribution in [0.15, 0.2) is 30.3 Å². The maximum absolute atomic E-state index is 10.4. The molecule has 1 atom stereocenters. The average molecular weight is 407 g/mol. The highest BCUT2D eigenvalue weighted by Gasteiger charge is 2.38. The van der Waals surface area contributed by atoms with Gasteiger partial charge in [0.1, 0.15) is 22.3 Å². The predicted octanol–water partition coefficient (Wildman–Crippen LogP) is 5.70. The molecule has 29 heavy (non-hydrogen) atoms. The number of rotatable bonds is 2. The third-order valence-corrected chi connectivity index (χ3v) is 6.70. The smallest absolute Gasteiger partial charge is 0.156 e. The van der Waals surface area contributed by atoms with Gasteiger partial charge in [-0.3, -0.25) is 0 Å². The fourth-order valence-corrected chi connectivity index (χ4v) is 4.32. The number of aromatic nitrogens is 1. The summed E-state index contributed by atoms with van der Waals surface area (Å²) in [4.78, 5) is 5.34. The molecule has 0 spiro atoms. The number of hydrogen-bond donors (Lipinski definition) is 2. The lowest BCUT2D eigenvalue weighted by atomic mass is 9.87. The van der Waals surface area contributed by atoms with E-state index in [2.05, 4.69) is 18.3 Å². The molecule has 0 amide bonds. The van der Waals surface area contributed by atoms with E-state index in [1.54, 1.807) is 0 Å². The molecule has 1 unspecified atom stereocenters. The molecule has 0 aliphatic carbocycles. The quantitative estimate of drug-likeness (QED) is 0.535. The standard InChI is InChI=1S/C24H26N2O2S/c1-13-12-20(25-19-9-7-6-8-17(13)19)26-23(29)24(5)11-10-18-16(4)21(27)14(2)15(3)22(18)28-24/h6-9,12,27H,10-11H2,1-5H3,(H,25,26,29). The van der Waals surface area contributed by atoms with Gasteiger partial charge in [0.15, 0.2) is 5.60 Å². The molecule has 150 valence electrons. The molecule has 1 aliphatic rings. The van der Waals surface area contributed by atoms with Crippen LogP contribution in [0.1, 0.15) is 41.2 Å². The van der Waals surface area contributed by atoms with Gasteiger partial charge in [0.25, 0.3) is 0 Å². The largest absolute Gasteiger partial charge is 0.507 e. The number of nitrogens with zero attached hydrogens (tertiary/aromatic N) is 1. The summed E-state index contributed by atoms with van der Waals surface area (Å²) in [5.41, 5.74) is 5.26. The normalized spacial score (nSPS) is 18.2. The molecule has 3 aromatic rings. The lowest BCUT2D eigenvalue weighted by molar-refractivity contribution is 0.134. The maximum Gasteiger partial charge on any atom is 0.156 e. The summed E-state index contributed by atoms with van der Waals surface area (Å²) in [6.07, 6.45) is 1.54. The molecule has 1 aliphatic heterocycles. The van der Waals surface area contributed by atoms with E-state index >= 15 is 0 Å². The zero-order valence-corrected chi connectivity index (χ0v) is 18.3. The summed E-state index contributed by atoms with van der Waals surface area (Å²) in [6, 6.07) is 10.1. The molecule has 4 rings (SSSR count). The van der Waals surface area contributed by atoms with Crippen LogP contribution in [0.2, 0.25) is 0 Å². The topological polar surface area (TPSA) is 54.4 Å². The second-order valence-corrected chi connectivity index (χ2v) is 8.57. The molecule has 5 heteroatoms. The number of hydrogen-bond acceptors (Lipinski definition) is 4. The van der Waals surface area contributed by atoms with Crippen LogP contribution in [-0.4, -0.2) is 20.7 Å². The van der Waals surface area contributed by atoms with E-state index in [0.29, 0.717) is 10.7 Å². The highest BCUT2D eigenvalue weighted by atomic mass is 32.1. The van der Waals surface area contributed by atoms with E-state index in [0.717, 1.165) is 63.1 Å². The number of fused-ring (bicyclic) bond motifs is 2. The first kappa shape index (κ1) is 19.6. The van der Waals surface area contributed by atoms with Gasteiger partial charge in [-0.1, -0.05) is 30.4 Å². The molecule has 0 fully saturated rings. The van der Waals surface area contributed by atoms with Crippen molar-refractivity contribution in [2.45, 2.75) is 53.1 Å². The third-order valence-electron chi connectivity index (χ3n) is 6.16. The van der Waals surface area contributed by atoms with Crippen molar-refractivity contribution in [3.8, 4) is 11.5 Å². The fraction of sp³-hybridized carbons (Fsp3) is 0.333. The number of aryl methyl sites for hydroxylation is 1. The van der Waals surface area contributed by atoms with Gasteiger partial charge in [-0.2, -0.15) is 0 Å². The van der Waals surface area contributed by atoms with Crippen LogP contribution in [-0.2, 0) is 6.42 Å². The Labute approximate surface area is 176 Å². The van der Waals surface area contributed by atoms with Gasteiger partial charge in [-0.15, -0.1) is 0 Å². The van der Waals surface area contributed by atoms with Gasteiger partial charge in [0.2, 0.25) is 0 Å². The molecule has 0 bridgehead atoms. The van der Waals surface area contributed by atoms with E-state index in [9.17, 15) is 5.11 Å². The Morgan fingerprint density at radius 2 is 1.86 bits per heavy atom. The van der Waals surface area contributed by atoms with Crippen molar-refractivity contribution in [1.29, 1.82) is 0 Å². The number of aromatic hydroxyl groups is 1. The van der Waals surface area contributed by atoms with Gasteiger partial charge in [0.05, 0.1) is 5.52 Å². The molecule has 0 saturated carbocycles. The number of thiocarbonyl (C=S) groups is 1. The summed E-state index contributed by atoms with van der Waals surface area (Å²) in [5, 5.41) is 14.8. The predicted molar refractivity (Wildman–Crippen MR) is 122 cm³/mol. The lowest BCUT2D eigenvalue weighted by Gasteiger charge is -2.38. The Balaban J connectivity index is 1.65. The molecular formula is C24H26N2O2S. The van der Waals surface area contributed by atoms with Crippen molar-refractivity contribution in [1.82, 2.24) is 4.98 Å². The zero-order valence-electron chi connectivity index (χ0n) is 17.5. The number of para-hydroxylation sites is 1. The average Bonchev–Trinajstić information content (AvgIpc) is 2.70. The SMILES string of the molecule is Cc1c(C)c2c(c(C)c1O)CCC(C)(C(=S)Nc1cc(C)c3ccccc3n1)O2. The van der Waals surface area contributed by atoms with E-state index in [1.165, 1.54) is 0 Å². The van der Waals surface area contributed by atoms with Crippen molar-refractivity contribution >= 4 is 33.9 Å². The lowest BCUT2D eigenvalue weighted by Crippen LogP contribution is -2.47. The minimum atomic E-state index is -0.635. The van der Waals surface area contributed by atoms with E-state index in [4.69, 9.17) is 21.9 Å². The number of nitrogens with one attached hydrogen (secondary N) is 1. The summed E-state index contributed by atoms with van der Waals surface area (Å²) in [7, 11) is 0. The minimum Gasteiger partial charge on any atom is -0.507 e. The molecule has 0 radical (unpaired) electrons. The molecule has 2 aromatic carbocycles. The Bertz CT molecular complexity index is 1160. The summed E-state index contributed by atoms with van der Waals surface area (Å²) in [6.45, 7) is 9.96. The first-order valence-corrected chi connectivity index (χ1v) is 10.3. The number of phenolic OH excluding ortho intramolecular Hbond substituents is 1. The molecule has 0 saturated heterocycles. The van der Waals surface area contributed by atoms with Gasteiger partial charge in [-0.05, 0) is 81.8 Å². The molecule has 2 N–H and O–H groups in total. The van der Waals surface area contributed by atoms with E-state index in [-0.39, 0.29) is 0 Å². The van der Waals surface area contributed by atoms with Gasteiger partial charge >= 0.3 is 0 Å². The molecular weight excluding hydrogens is 380 g/mol. The van der Waals surface area contributed by atoms with Crippen LogP contribution >= 0.6 is 12.2 Å². The van der Waals surface area contributed by atoms with Crippen molar-refractivity contribution < 1.29 is 9.84 Å². The van der Waals surface area contributed by atoms with Crippen molar-refractivity contribution in [2.24, 2.45) is 0 Å². The van der Waals surface area contributed by atoms with Crippen LogP contribution in [0.5, 0.6) is 11.5 Å². The van der Waals surface area contributed by atoms with Gasteiger partial charge in [0, 0.05) is 10.9 Å². The van der Waals surface area contributed by atoms with E-state index < -0.39 is 5.60 Å². The van der Waals surface area contributed by atoms with Crippen LogP contribution in [0, 0.1) is 27.7 Å². The van der Waals surface area contributed by atoms with Crippen LogP contribution in [0.3, 0.4) is 0 Å². The third kappa shape index (κ3) is 3.23. The van der Waals surface area contributed by atoms with Crippen molar-refractivity contribution in [3.63, 3.8) is 0 Å². The second-order valence-electron chi connectivity index (χ2n) is 8.16. The minimum absolute atomic E-state index is 0.366. The maximum atomic E-state index is 10.4. The Morgan fingerprint density at radius 1 is 1.14 bits per heavy atom. The van der Waals surface area contributed by atoms with Crippen LogP contribution in [0.4, 0.5) is 5.82 Å². The Hall–Kier alpha value is -2.66. The number of pyridine rings is 1. The molecule has 1 aromatic heterocycles. The first-order valence-electron chi connectivity index (χ1n) is 9.90. The van der Waals surface area contributed by atoms with Gasteiger partial charge in [-0.25, -0.2) is 4.98 Å². The number of ether oxygens (including phenoxy) is 1. The first-order chi connectivity index (χ1) is 13.7. The van der Waals surface area contributed by atoms with Crippen LogP contribution < -0.4 is 10.1 Å². The summed E-state index contributed by atoms with van der Waals surface area (Å²) < 4.78 is 6.48. The number of anilines is 1. The zero-order chi connectivity index (χ0) is 20.9. The molecule has 2 heterocycles. The summed E-state index contributed by atoms with van der Waals surface area (Å²) in [5.74, 6) is 1.94. The van der Waals surface area contributed by atoms with Crippen LogP contribution in [0.25, 0.3) is 10.9 Å². The number of benzene rings is 2. The van der Waals surface area contributed by atoms with Gasteiger partial charge < -0.3 is 15.2 Å². The Morgan fingerprint density at radius 3 is 2.62 bits per heavy atom. The highest BCUT2D eigenvalue weighted by Crippen LogP contribution is 2.43. The number of phenols is 1. The Kier molecular flexibility index (Phi) is 4.74. The highest BCUT2D eigenvalue weighted by molar-refractivity contribution is 7.80. The van der Waals surface area contributed by atoms with Crippen molar-refractivity contribution in [2.75, 3.05) is 5.32 Å². The summed E-state index contributed by atoms with van der Waals surface area (Å²) >= 11 is 5.77.